The molecule has 2 unspecified atom stereocenters. The number of nitrogens with zero attached hydrogens (tertiary/aromatic N) is 1. The van der Waals surface area contributed by atoms with Crippen molar-refractivity contribution in [2.24, 2.45) is 0 Å². The molecule has 0 spiro atoms. The van der Waals surface area contributed by atoms with E-state index in [1.165, 1.54) is 17.3 Å². The summed E-state index contributed by atoms with van der Waals surface area (Å²) in [6.45, 7) is 6.02. The van der Waals surface area contributed by atoms with Crippen molar-refractivity contribution >= 4 is 40.6 Å². The van der Waals surface area contributed by atoms with Crippen molar-refractivity contribution in [3.8, 4) is 16.3 Å². The van der Waals surface area contributed by atoms with Gasteiger partial charge in [-0.2, -0.15) is 0 Å². The van der Waals surface area contributed by atoms with Crippen LogP contribution in [0.1, 0.15) is 34.2 Å². The summed E-state index contributed by atoms with van der Waals surface area (Å²) in [5.41, 5.74) is 4.64. The summed E-state index contributed by atoms with van der Waals surface area (Å²) in [4.78, 5) is 30.6. The molecule has 0 saturated carbocycles. The number of aromatic nitrogens is 1. The van der Waals surface area contributed by atoms with Crippen LogP contribution in [-0.2, 0) is 9.59 Å². The molecule has 178 valence electrons. The van der Waals surface area contributed by atoms with E-state index in [0.29, 0.717) is 6.42 Å². The van der Waals surface area contributed by atoms with Crippen LogP contribution in [0.2, 0.25) is 0 Å². The van der Waals surface area contributed by atoms with Crippen LogP contribution in [0.5, 0.6) is 5.75 Å². The van der Waals surface area contributed by atoms with E-state index in [1.807, 2.05) is 63.2 Å². The third-order valence-electron chi connectivity index (χ3n) is 5.69. The lowest BCUT2D eigenvalue weighted by Gasteiger charge is -2.30. The maximum Gasteiger partial charge on any atom is 0.234 e. The van der Waals surface area contributed by atoms with E-state index in [2.05, 4.69) is 16.0 Å². The van der Waals surface area contributed by atoms with E-state index in [-0.39, 0.29) is 29.1 Å². The van der Waals surface area contributed by atoms with Crippen molar-refractivity contribution in [3.05, 3.63) is 64.2 Å². The van der Waals surface area contributed by atoms with Crippen molar-refractivity contribution in [1.82, 2.24) is 15.6 Å². The maximum absolute atomic E-state index is 12.5. The number of methoxy groups -OCH3 is 1. The first-order chi connectivity index (χ1) is 16.3. The molecule has 7 nitrogen and oxygen atoms in total. The largest absolute Gasteiger partial charge is 0.497 e. The SMILES string of the molecule is COc1ccc(-c2nc(C)c(C3CC(=O)NC(SCC(=O)Nc4ccc(C)c(C)c4)N3)s2)cc1. The molecule has 34 heavy (non-hydrogen) atoms. The fraction of sp³-hybridized carbons (Fsp3) is 0.320. The van der Waals surface area contributed by atoms with Crippen molar-refractivity contribution in [2.75, 3.05) is 18.2 Å². The van der Waals surface area contributed by atoms with Crippen LogP contribution in [0.3, 0.4) is 0 Å². The second-order valence-electron chi connectivity index (χ2n) is 8.23. The first-order valence-corrected chi connectivity index (χ1v) is 12.8. The highest BCUT2D eigenvalue weighted by molar-refractivity contribution is 8.00. The van der Waals surface area contributed by atoms with Crippen molar-refractivity contribution in [1.29, 1.82) is 0 Å². The molecule has 9 heteroatoms. The predicted octanol–water partition coefficient (Wildman–Crippen LogP) is 4.55. The molecule has 2 atom stereocenters. The number of ether oxygens (including phenoxy) is 1. The summed E-state index contributed by atoms with van der Waals surface area (Å²) >= 11 is 2.94. The summed E-state index contributed by atoms with van der Waals surface area (Å²) < 4.78 is 5.23. The Morgan fingerprint density at radius 3 is 2.65 bits per heavy atom. The third-order valence-corrected chi connectivity index (χ3v) is 8.03. The van der Waals surface area contributed by atoms with Gasteiger partial charge in [-0.15, -0.1) is 23.1 Å². The fourth-order valence-corrected chi connectivity index (χ4v) is 5.69. The molecule has 1 fully saturated rings. The van der Waals surface area contributed by atoms with Gasteiger partial charge in [0.15, 0.2) is 0 Å². The Balaban J connectivity index is 1.39. The molecule has 4 rings (SSSR count). The van der Waals surface area contributed by atoms with Gasteiger partial charge in [0.25, 0.3) is 0 Å². The molecule has 0 aliphatic carbocycles. The van der Waals surface area contributed by atoms with Gasteiger partial charge in [-0.1, -0.05) is 6.07 Å². The van der Waals surface area contributed by atoms with Crippen molar-refractivity contribution < 1.29 is 14.3 Å². The van der Waals surface area contributed by atoms with Crippen LogP contribution < -0.4 is 20.7 Å². The van der Waals surface area contributed by atoms with Gasteiger partial charge in [-0.05, 0) is 68.3 Å². The van der Waals surface area contributed by atoms with Gasteiger partial charge in [0, 0.05) is 22.5 Å². The van der Waals surface area contributed by atoms with Crippen LogP contribution >= 0.6 is 23.1 Å². The number of nitrogens with one attached hydrogen (secondary N) is 3. The number of carbonyl (C=O) groups is 2. The normalized spacial score (nSPS) is 17.8. The number of anilines is 1. The van der Waals surface area contributed by atoms with E-state index >= 15 is 0 Å². The highest BCUT2D eigenvalue weighted by Gasteiger charge is 2.30. The lowest BCUT2D eigenvalue weighted by molar-refractivity contribution is -0.123. The van der Waals surface area contributed by atoms with Gasteiger partial charge < -0.3 is 15.4 Å². The summed E-state index contributed by atoms with van der Waals surface area (Å²) in [6, 6.07) is 13.5. The Kier molecular flexibility index (Phi) is 7.55. The summed E-state index contributed by atoms with van der Waals surface area (Å²) in [6.07, 6.45) is 0.330. The molecule has 3 aromatic rings. The molecule has 2 amide bonds. The number of amides is 2. The smallest absolute Gasteiger partial charge is 0.234 e. The molecule has 0 bridgehead atoms. The number of hydrogen-bond donors (Lipinski definition) is 3. The Morgan fingerprint density at radius 1 is 1.18 bits per heavy atom. The molecular weight excluding hydrogens is 468 g/mol. The highest BCUT2D eigenvalue weighted by Crippen LogP contribution is 2.35. The lowest BCUT2D eigenvalue weighted by atomic mass is 10.1. The van der Waals surface area contributed by atoms with Crippen LogP contribution in [0.15, 0.2) is 42.5 Å². The molecule has 2 heterocycles. The zero-order chi connectivity index (χ0) is 24.2. The Hall–Kier alpha value is -2.88. The van der Waals surface area contributed by atoms with Gasteiger partial charge >= 0.3 is 0 Å². The first-order valence-electron chi connectivity index (χ1n) is 11.0. The van der Waals surface area contributed by atoms with Crippen LogP contribution in [0, 0.1) is 20.8 Å². The van der Waals surface area contributed by atoms with Crippen LogP contribution in [0.25, 0.3) is 10.6 Å². The molecule has 1 aromatic heterocycles. The molecule has 0 radical (unpaired) electrons. The Labute approximate surface area is 207 Å². The molecule has 1 aliphatic heterocycles. The van der Waals surface area contributed by atoms with Crippen LogP contribution in [-0.4, -0.2) is 35.2 Å². The number of carbonyl (C=O) groups excluding carboxylic acids is 2. The summed E-state index contributed by atoms with van der Waals surface area (Å²) in [5, 5.41) is 10.2. The number of hydrogen-bond acceptors (Lipinski definition) is 7. The zero-order valence-corrected chi connectivity index (χ0v) is 21.2. The Morgan fingerprint density at radius 2 is 1.94 bits per heavy atom. The molecule has 2 aromatic carbocycles. The molecule has 1 saturated heterocycles. The monoisotopic (exact) mass is 496 g/mol. The van der Waals surface area contributed by atoms with Crippen LogP contribution in [0.4, 0.5) is 5.69 Å². The maximum atomic E-state index is 12.5. The zero-order valence-electron chi connectivity index (χ0n) is 19.6. The Bertz CT molecular complexity index is 1190. The van der Waals surface area contributed by atoms with Gasteiger partial charge in [0.1, 0.15) is 16.3 Å². The molecule has 3 N–H and O–H groups in total. The molecular formula is C25H28N4O3S2. The minimum atomic E-state index is -0.359. The summed E-state index contributed by atoms with van der Waals surface area (Å²) in [5.74, 6) is 0.859. The number of thiazole rings is 1. The number of thioether (sulfide) groups is 1. The van der Waals surface area contributed by atoms with E-state index in [1.54, 1.807) is 18.4 Å². The topological polar surface area (TPSA) is 92.3 Å². The predicted molar refractivity (Wildman–Crippen MR) is 138 cm³/mol. The second-order valence-corrected chi connectivity index (χ2v) is 10.4. The number of benzene rings is 2. The summed E-state index contributed by atoms with van der Waals surface area (Å²) in [7, 11) is 1.64. The van der Waals surface area contributed by atoms with Crippen molar-refractivity contribution in [2.45, 2.75) is 38.7 Å². The average Bonchev–Trinajstić information content (AvgIpc) is 3.21. The third kappa shape index (κ3) is 5.78. The van der Waals surface area contributed by atoms with E-state index in [9.17, 15) is 9.59 Å². The quantitative estimate of drug-likeness (QED) is 0.444. The van der Waals surface area contributed by atoms with E-state index in [0.717, 1.165) is 38.1 Å². The van der Waals surface area contributed by atoms with E-state index < -0.39 is 0 Å². The number of aryl methyl sites for hydroxylation is 3. The van der Waals surface area contributed by atoms with Gasteiger partial charge in [-0.3, -0.25) is 14.9 Å². The van der Waals surface area contributed by atoms with Gasteiger partial charge in [0.2, 0.25) is 11.8 Å². The highest BCUT2D eigenvalue weighted by atomic mass is 32.2. The first kappa shape index (κ1) is 24.3. The van der Waals surface area contributed by atoms with Gasteiger partial charge in [0.05, 0.1) is 24.6 Å². The molecule has 1 aliphatic rings. The second kappa shape index (κ2) is 10.6. The minimum absolute atomic E-state index is 0.0467. The average molecular weight is 497 g/mol. The van der Waals surface area contributed by atoms with Crippen molar-refractivity contribution in [3.63, 3.8) is 0 Å². The lowest BCUT2D eigenvalue weighted by Crippen LogP contribution is -2.51. The minimum Gasteiger partial charge on any atom is -0.497 e. The van der Waals surface area contributed by atoms with Gasteiger partial charge in [-0.25, -0.2) is 4.98 Å². The number of rotatable bonds is 7. The van der Waals surface area contributed by atoms with E-state index in [4.69, 9.17) is 9.72 Å². The fourth-order valence-electron chi connectivity index (χ4n) is 3.70. The standard InChI is InChI=1S/C25H28N4O3S2/c1-14-5-8-18(11-15(14)2)27-22(31)13-33-25-28-20(12-21(30)29-25)23-16(3)26-24(34-23)17-6-9-19(32-4)10-7-17/h5-11,20,25,28H,12-13H2,1-4H3,(H,27,31)(H,29,30).